The van der Waals surface area contributed by atoms with Crippen molar-refractivity contribution >= 4 is 111 Å². The van der Waals surface area contributed by atoms with Gasteiger partial charge in [0.2, 0.25) is 0 Å². The molecular weight excluding hydrogens is 325 g/mol. The number of phosphoric ester groups is 1. The summed E-state index contributed by atoms with van der Waals surface area (Å²) in [4.78, 5) is 17.0. The standard InChI is InChI=1S/C6H13O9P.2K/c7-1-2-3(8)4(9)5(10)6(14-2)15-16(11,12)13;;/h2-10H,1H2,(H2,11,12,13);;/t2-,3-,4+,5-,6-;;/m1../s1. The van der Waals surface area contributed by atoms with Crippen molar-refractivity contribution in [3.8, 4) is 0 Å². The predicted octanol–water partition coefficient (Wildman–Crippen LogP) is -3.87. The molecule has 0 unspecified atom stereocenters. The van der Waals surface area contributed by atoms with Gasteiger partial charge in [-0.2, -0.15) is 0 Å². The molecule has 0 aromatic heterocycles. The maximum atomic E-state index is 10.5. The van der Waals surface area contributed by atoms with Gasteiger partial charge in [-0.3, -0.25) is 4.52 Å². The van der Waals surface area contributed by atoms with Crippen LogP contribution in [0.2, 0.25) is 0 Å². The quantitative estimate of drug-likeness (QED) is 0.224. The van der Waals surface area contributed by atoms with Crippen LogP contribution in [-0.4, -0.2) is 170 Å². The minimum Gasteiger partial charge on any atom is -0.394 e. The van der Waals surface area contributed by atoms with Gasteiger partial charge in [-0.15, -0.1) is 0 Å². The fourth-order valence-corrected chi connectivity index (χ4v) is 1.73. The number of phosphoric acid groups is 1. The van der Waals surface area contributed by atoms with Crippen LogP contribution in [-0.2, 0) is 13.8 Å². The average molecular weight is 338 g/mol. The molecule has 1 saturated heterocycles. The van der Waals surface area contributed by atoms with E-state index in [9.17, 15) is 19.9 Å². The van der Waals surface area contributed by atoms with E-state index in [0.29, 0.717) is 0 Å². The van der Waals surface area contributed by atoms with Crippen LogP contribution in [0.1, 0.15) is 0 Å². The van der Waals surface area contributed by atoms with Gasteiger partial charge in [0.05, 0.1) is 6.61 Å². The maximum absolute atomic E-state index is 10.5. The zero-order chi connectivity index (χ0) is 12.5. The number of rotatable bonds is 3. The SMILES string of the molecule is O=P(O)(O)O[C@H]1O[C@H](CO)[C@@H](O)[C@H](O)[C@H]1O.[K].[K]. The third kappa shape index (κ3) is 6.96. The first-order valence-corrected chi connectivity index (χ1v) is 5.83. The molecule has 6 N–H and O–H groups in total. The molecular formula is C6H13K2O9P. The first kappa shape index (κ1) is 23.4. The van der Waals surface area contributed by atoms with Crippen LogP contribution < -0.4 is 0 Å². The molecule has 0 bridgehead atoms. The summed E-state index contributed by atoms with van der Waals surface area (Å²) in [6, 6.07) is 0. The van der Waals surface area contributed by atoms with Crippen LogP contribution >= 0.6 is 7.82 Å². The maximum Gasteiger partial charge on any atom is 0.472 e. The van der Waals surface area contributed by atoms with Gasteiger partial charge in [-0.25, -0.2) is 4.57 Å². The summed E-state index contributed by atoms with van der Waals surface area (Å²) in [6.45, 7) is -0.702. The summed E-state index contributed by atoms with van der Waals surface area (Å²) in [5.74, 6) is 0. The first-order chi connectivity index (χ1) is 7.26. The Labute approximate surface area is 188 Å². The fourth-order valence-electron chi connectivity index (χ4n) is 1.29. The van der Waals surface area contributed by atoms with Crippen molar-refractivity contribution < 1.29 is 44.0 Å². The summed E-state index contributed by atoms with van der Waals surface area (Å²) in [7, 11) is -4.91. The summed E-state index contributed by atoms with van der Waals surface area (Å²) < 4.78 is 19.2. The van der Waals surface area contributed by atoms with Crippen LogP contribution in [0.15, 0.2) is 0 Å². The molecule has 1 aliphatic heterocycles. The van der Waals surface area contributed by atoms with E-state index in [-0.39, 0.29) is 103 Å². The van der Waals surface area contributed by atoms with Crippen LogP contribution in [0.25, 0.3) is 0 Å². The van der Waals surface area contributed by atoms with E-state index in [1.54, 1.807) is 0 Å². The Morgan fingerprint density at radius 1 is 1.06 bits per heavy atom. The van der Waals surface area contributed by atoms with Crippen molar-refractivity contribution in [2.45, 2.75) is 30.7 Å². The topological polar surface area (TPSA) is 157 Å². The minimum atomic E-state index is -4.91. The van der Waals surface area contributed by atoms with Gasteiger partial charge in [0.25, 0.3) is 0 Å². The molecule has 1 heterocycles. The molecule has 1 rings (SSSR count). The largest absolute Gasteiger partial charge is 0.472 e. The average Bonchev–Trinajstić information content (AvgIpc) is 2.17. The van der Waals surface area contributed by atoms with Gasteiger partial charge in [0.15, 0.2) is 6.29 Å². The van der Waals surface area contributed by atoms with Crippen LogP contribution in [0, 0.1) is 0 Å². The molecule has 0 aromatic rings. The molecule has 98 valence electrons. The van der Waals surface area contributed by atoms with Crippen LogP contribution in [0.3, 0.4) is 0 Å². The van der Waals surface area contributed by atoms with E-state index in [4.69, 9.17) is 14.9 Å². The number of aliphatic hydroxyl groups is 4. The second kappa shape index (κ2) is 10.1. The van der Waals surface area contributed by atoms with E-state index < -0.39 is 45.1 Å². The molecule has 0 spiro atoms. The Morgan fingerprint density at radius 2 is 1.56 bits per heavy atom. The zero-order valence-electron chi connectivity index (χ0n) is 9.95. The molecule has 2 radical (unpaired) electrons. The molecule has 1 fully saturated rings. The van der Waals surface area contributed by atoms with Crippen molar-refractivity contribution in [2.24, 2.45) is 0 Å². The van der Waals surface area contributed by atoms with E-state index in [1.807, 2.05) is 0 Å². The molecule has 0 aromatic carbocycles. The van der Waals surface area contributed by atoms with Gasteiger partial charge < -0.3 is 34.9 Å². The first-order valence-electron chi connectivity index (χ1n) is 4.30. The van der Waals surface area contributed by atoms with Gasteiger partial charge >= 0.3 is 7.82 Å². The van der Waals surface area contributed by atoms with Crippen LogP contribution in [0.4, 0.5) is 0 Å². The summed E-state index contributed by atoms with van der Waals surface area (Å²) >= 11 is 0. The van der Waals surface area contributed by atoms with Crippen molar-refractivity contribution in [3.05, 3.63) is 0 Å². The number of hydrogen-bond acceptors (Lipinski definition) is 7. The van der Waals surface area contributed by atoms with Gasteiger partial charge in [-0.05, 0) is 0 Å². The molecule has 18 heavy (non-hydrogen) atoms. The van der Waals surface area contributed by atoms with Crippen molar-refractivity contribution in [1.82, 2.24) is 0 Å². The molecule has 12 heteroatoms. The minimum absolute atomic E-state index is 0. The van der Waals surface area contributed by atoms with E-state index in [2.05, 4.69) is 9.26 Å². The number of aliphatic hydroxyl groups excluding tert-OH is 4. The van der Waals surface area contributed by atoms with Crippen molar-refractivity contribution in [2.75, 3.05) is 6.61 Å². The van der Waals surface area contributed by atoms with E-state index >= 15 is 0 Å². The molecule has 0 saturated carbocycles. The second-order valence-corrected chi connectivity index (χ2v) is 4.49. The molecule has 0 aliphatic carbocycles. The summed E-state index contributed by atoms with van der Waals surface area (Å²) in [6.07, 6.45) is -8.25. The van der Waals surface area contributed by atoms with Crippen molar-refractivity contribution in [3.63, 3.8) is 0 Å². The normalized spacial score (nSPS) is 36.4. The van der Waals surface area contributed by atoms with Gasteiger partial charge in [0.1, 0.15) is 24.4 Å². The third-order valence-corrected chi connectivity index (χ3v) is 2.57. The second-order valence-electron chi connectivity index (χ2n) is 3.29. The van der Waals surface area contributed by atoms with E-state index in [0.717, 1.165) is 0 Å². The molecule has 1 aliphatic rings. The third-order valence-electron chi connectivity index (χ3n) is 2.09. The van der Waals surface area contributed by atoms with Gasteiger partial charge in [-0.1, -0.05) is 0 Å². The zero-order valence-corrected chi connectivity index (χ0v) is 17.1. The Hall–Kier alpha value is 3.18. The number of hydrogen-bond donors (Lipinski definition) is 6. The van der Waals surface area contributed by atoms with Crippen molar-refractivity contribution in [1.29, 1.82) is 0 Å². The Morgan fingerprint density at radius 3 is 1.94 bits per heavy atom. The molecule has 0 amide bonds. The summed E-state index contributed by atoms with van der Waals surface area (Å²) in [5.41, 5.74) is 0. The smallest absolute Gasteiger partial charge is 0.394 e. The summed E-state index contributed by atoms with van der Waals surface area (Å²) in [5, 5.41) is 36.6. The Balaban J connectivity index is 0. The monoisotopic (exact) mass is 338 g/mol. The fraction of sp³-hybridized carbons (Fsp3) is 1.00. The van der Waals surface area contributed by atoms with E-state index in [1.165, 1.54) is 0 Å². The van der Waals surface area contributed by atoms with Gasteiger partial charge in [0, 0.05) is 103 Å². The predicted molar refractivity (Wildman–Crippen MR) is 58.4 cm³/mol. The Kier molecular flexibility index (Phi) is 13.1. The van der Waals surface area contributed by atoms with Crippen LogP contribution in [0.5, 0.6) is 0 Å². The Bertz CT molecular complexity index is 284. The molecule has 9 nitrogen and oxygen atoms in total. The molecule has 5 atom stereocenters. The number of ether oxygens (including phenoxy) is 1.